The monoisotopic (exact) mass is 455 g/mol. The van der Waals surface area contributed by atoms with Crippen LogP contribution in [0.5, 0.6) is 0 Å². The van der Waals surface area contributed by atoms with Crippen LogP contribution in [0.3, 0.4) is 0 Å². The third-order valence-corrected chi connectivity index (χ3v) is 5.91. The molecule has 2 amide bonds. The Hall–Kier alpha value is -4.06. The predicted octanol–water partition coefficient (Wildman–Crippen LogP) is 4.88. The molecule has 172 valence electrons. The van der Waals surface area contributed by atoms with Gasteiger partial charge in [-0.2, -0.15) is 0 Å². The van der Waals surface area contributed by atoms with Crippen molar-refractivity contribution in [2.75, 3.05) is 13.6 Å². The van der Waals surface area contributed by atoms with E-state index in [-0.39, 0.29) is 23.7 Å². The highest BCUT2D eigenvalue weighted by molar-refractivity contribution is 5.98. The van der Waals surface area contributed by atoms with Crippen molar-refractivity contribution in [2.45, 2.75) is 18.9 Å². The van der Waals surface area contributed by atoms with Crippen molar-refractivity contribution in [3.8, 4) is 0 Å². The Bertz CT molecular complexity index is 1280. The summed E-state index contributed by atoms with van der Waals surface area (Å²) in [5.74, 6) is -0.665. The van der Waals surface area contributed by atoms with Gasteiger partial charge in [0.15, 0.2) is 0 Å². The Kier molecular flexibility index (Phi) is 7.28. The Morgan fingerprint density at radius 1 is 0.941 bits per heavy atom. The van der Waals surface area contributed by atoms with Crippen LogP contribution in [0.25, 0.3) is 10.8 Å². The second-order valence-electron chi connectivity index (χ2n) is 8.22. The van der Waals surface area contributed by atoms with Gasteiger partial charge in [-0.05, 0) is 65.6 Å². The lowest BCUT2D eigenvalue weighted by Gasteiger charge is -2.29. The van der Waals surface area contributed by atoms with E-state index in [0.29, 0.717) is 30.6 Å². The van der Waals surface area contributed by atoms with Gasteiger partial charge in [0.1, 0.15) is 11.5 Å². The van der Waals surface area contributed by atoms with Crippen molar-refractivity contribution in [2.24, 2.45) is 0 Å². The van der Waals surface area contributed by atoms with E-state index in [0.717, 1.165) is 16.3 Å². The normalized spacial score (nSPS) is 11.7. The number of rotatable bonds is 8. The van der Waals surface area contributed by atoms with Gasteiger partial charge in [-0.1, -0.05) is 48.5 Å². The number of hydrogen-bond donors (Lipinski definition) is 1. The first kappa shape index (κ1) is 23.1. The molecule has 0 aliphatic carbocycles. The molecule has 1 heterocycles. The second kappa shape index (κ2) is 10.7. The second-order valence-corrected chi connectivity index (χ2v) is 8.22. The van der Waals surface area contributed by atoms with Gasteiger partial charge >= 0.3 is 0 Å². The number of likely N-dealkylation sites (N-methyl/N-ethyl adjacent to an activating group) is 1. The van der Waals surface area contributed by atoms with Crippen molar-refractivity contribution in [3.63, 3.8) is 0 Å². The summed E-state index contributed by atoms with van der Waals surface area (Å²) in [7, 11) is 1.77. The summed E-state index contributed by atoms with van der Waals surface area (Å²) in [5.41, 5.74) is 1.86. The van der Waals surface area contributed by atoms with E-state index in [2.05, 4.69) is 10.3 Å². The molecule has 4 aromatic rings. The largest absolute Gasteiger partial charge is 0.351 e. The average molecular weight is 456 g/mol. The van der Waals surface area contributed by atoms with Gasteiger partial charge in [0.05, 0.1) is 0 Å². The van der Waals surface area contributed by atoms with Crippen LogP contribution in [0.15, 0.2) is 91.1 Å². The number of amides is 2. The van der Waals surface area contributed by atoms with E-state index in [1.165, 1.54) is 12.1 Å². The molecule has 1 atom stereocenters. The van der Waals surface area contributed by atoms with Crippen molar-refractivity contribution in [3.05, 3.63) is 114 Å². The Morgan fingerprint density at radius 3 is 2.41 bits per heavy atom. The summed E-state index contributed by atoms with van der Waals surface area (Å²) in [6, 6.07) is 24.8. The quantitative estimate of drug-likeness (QED) is 0.412. The molecule has 1 N–H and O–H groups in total. The molecule has 0 aliphatic heterocycles. The number of aromatic nitrogens is 1. The van der Waals surface area contributed by atoms with Crippen LogP contribution in [0, 0.1) is 5.82 Å². The maximum atomic E-state index is 13.4. The van der Waals surface area contributed by atoms with Gasteiger partial charge in [-0.3, -0.25) is 14.6 Å². The van der Waals surface area contributed by atoms with E-state index >= 15 is 0 Å². The summed E-state index contributed by atoms with van der Waals surface area (Å²) >= 11 is 0. The Labute approximate surface area is 198 Å². The number of nitrogens with one attached hydrogen (secondary N) is 1. The summed E-state index contributed by atoms with van der Waals surface area (Å²) < 4.78 is 13.4. The molecular weight excluding hydrogens is 429 g/mol. The molecule has 0 saturated heterocycles. The summed E-state index contributed by atoms with van der Waals surface area (Å²) in [6.45, 7) is 0.372. The number of fused-ring (bicyclic) bond motifs is 1. The molecule has 0 spiro atoms. The summed E-state index contributed by atoms with van der Waals surface area (Å²) in [5, 5.41) is 4.95. The zero-order chi connectivity index (χ0) is 23.9. The fourth-order valence-electron chi connectivity index (χ4n) is 3.96. The van der Waals surface area contributed by atoms with Crippen LogP contribution < -0.4 is 5.32 Å². The van der Waals surface area contributed by atoms with Crippen LogP contribution in [-0.2, 0) is 6.42 Å². The van der Waals surface area contributed by atoms with E-state index in [1.807, 2.05) is 42.5 Å². The molecule has 0 radical (unpaired) electrons. The average Bonchev–Trinajstić information content (AvgIpc) is 2.88. The molecule has 0 saturated carbocycles. The van der Waals surface area contributed by atoms with Gasteiger partial charge in [0.25, 0.3) is 11.8 Å². The lowest BCUT2D eigenvalue weighted by atomic mass is 10.00. The molecule has 0 unspecified atom stereocenters. The van der Waals surface area contributed by atoms with Crippen LogP contribution in [-0.4, -0.2) is 41.3 Å². The summed E-state index contributed by atoms with van der Waals surface area (Å²) in [6.07, 6.45) is 2.64. The molecule has 1 aromatic heterocycles. The third-order valence-electron chi connectivity index (χ3n) is 5.91. The molecule has 0 aliphatic rings. The maximum absolute atomic E-state index is 13.4. The van der Waals surface area contributed by atoms with Gasteiger partial charge in [-0.25, -0.2) is 4.39 Å². The van der Waals surface area contributed by atoms with Crippen molar-refractivity contribution in [1.82, 2.24) is 15.2 Å². The number of carbonyl (C=O) groups excluding carboxylic acids is 2. The molecule has 4 rings (SSSR count). The first-order valence-corrected chi connectivity index (χ1v) is 11.2. The van der Waals surface area contributed by atoms with Crippen molar-refractivity contribution in [1.29, 1.82) is 0 Å². The van der Waals surface area contributed by atoms with E-state index in [4.69, 9.17) is 0 Å². The Morgan fingerprint density at radius 2 is 1.68 bits per heavy atom. The van der Waals surface area contributed by atoms with E-state index in [9.17, 15) is 14.0 Å². The van der Waals surface area contributed by atoms with Crippen molar-refractivity contribution < 1.29 is 14.0 Å². The van der Waals surface area contributed by atoms with Crippen molar-refractivity contribution >= 4 is 22.6 Å². The van der Waals surface area contributed by atoms with E-state index in [1.54, 1.807) is 48.5 Å². The van der Waals surface area contributed by atoms with Gasteiger partial charge < -0.3 is 10.2 Å². The number of carbonyl (C=O) groups is 2. The molecule has 3 aromatic carbocycles. The van der Waals surface area contributed by atoms with Gasteiger partial charge in [0.2, 0.25) is 0 Å². The van der Waals surface area contributed by atoms with Gasteiger partial charge in [0, 0.05) is 31.4 Å². The SMILES string of the molecule is CN(C(=O)c1ccc2ccccc2c1)[C@H](CCNC(=O)c1ccccn1)Cc1ccc(F)cc1. The molecule has 5 nitrogen and oxygen atoms in total. The first-order valence-electron chi connectivity index (χ1n) is 11.2. The standard InChI is InChI=1S/C28H26FN3O2/c1-32(28(34)23-12-11-21-6-2-3-7-22(21)19-23)25(18-20-9-13-24(29)14-10-20)15-17-31-27(33)26-8-4-5-16-30-26/h2-14,16,19,25H,15,17-18H2,1H3,(H,31,33)/t25-/m1/s1. The predicted molar refractivity (Wildman–Crippen MR) is 131 cm³/mol. The molecule has 6 heteroatoms. The molecule has 34 heavy (non-hydrogen) atoms. The zero-order valence-electron chi connectivity index (χ0n) is 18.9. The lowest BCUT2D eigenvalue weighted by molar-refractivity contribution is 0.0723. The molecule has 0 fully saturated rings. The van der Waals surface area contributed by atoms with Crippen LogP contribution in [0.2, 0.25) is 0 Å². The lowest BCUT2D eigenvalue weighted by Crippen LogP contribution is -2.41. The molecule has 0 bridgehead atoms. The maximum Gasteiger partial charge on any atom is 0.269 e. The number of benzene rings is 3. The summed E-state index contributed by atoms with van der Waals surface area (Å²) in [4.78, 5) is 31.5. The minimum Gasteiger partial charge on any atom is -0.351 e. The Balaban J connectivity index is 1.49. The third kappa shape index (κ3) is 5.64. The fourth-order valence-corrected chi connectivity index (χ4v) is 3.96. The highest BCUT2D eigenvalue weighted by Crippen LogP contribution is 2.19. The molecular formula is C28H26FN3O2. The number of hydrogen-bond acceptors (Lipinski definition) is 3. The smallest absolute Gasteiger partial charge is 0.269 e. The van der Waals surface area contributed by atoms with Gasteiger partial charge in [-0.15, -0.1) is 0 Å². The highest BCUT2D eigenvalue weighted by atomic mass is 19.1. The minimum absolute atomic E-state index is 0.103. The zero-order valence-corrected chi connectivity index (χ0v) is 18.9. The van der Waals surface area contributed by atoms with E-state index < -0.39 is 0 Å². The number of halogens is 1. The van der Waals surface area contributed by atoms with Crippen LogP contribution >= 0.6 is 0 Å². The minimum atomic E-state index is -0.302. The van der Waals surface area contributed by atoms with Crippen LogP contribution in [0.4, 0.5) is 4.39 Å². The topological polar surface area (TPSA) is 62.3 Å². The van der Waals surface area contributed by atoms with Crippen LogP contribution in [0.1, 0.15) is 32.8 Å². The number of nitrogens with zero attached hydrogens (tertiary/aromatic N) is 2. The number of pyridine rings is 1. The first-order chi connectivity index (χ1) is 16.5. The fraction of sp³-hybridized carbons (Fsp3) is 0.179. The highest BCUT2D eigenvalue weighted by Gasteiger charge is 2.22.